The number of nitrogens with zero attached hydrogens (tertiary/aromatic N) is 2. The molecule has 4 nitrogen and oxygen atoms in total. The van der Waals surface area contributed by atoms with Crippen LogP contribution < -0.4 is 10.5 Å². The zero-order chi connectivity index (χ0) is 18.0. The molecule has 1 heterocycles. The molecule has 0 spiro atoms. The Morgan fingerprint density at radius 2 is 2.04 bits per heavy atom. The average molecular weight is 404 g/mol. The molecule has 1 atom stereocenters. The smallest absolute Gasteiger partial charge is 0.165 e. The van der Waals surface area contributed by atoms with Crippen molar-refractivity contribution in [2.75, 3.05) is 0 Å². The fourth-order valence-corrected chi connectivity index (χ4v) is 2.91. The van der Waals surface area contributed by atoms with Gasteiger partial charge in [-0.05, 0) is 25.1 Å². The second-order valence-electron chi connectivity index (χ2n) is 5.74. The summed E-state index contributed by atoms with van der Waals surface area (Å²) in [6.45, 7) is 1.90. The maximum Gasteiger partial charge on any atom is 0.165 e. The molecule has 0 bridgehead atoms. The Morgan fingerprint density at radius 3 is 2.72 bits per heavy atom. The molecule has 6 heteroatoms. The minimum absolute atomic E-state index is 0.134. The number of rotatable bonds is 5. The summed E-state index contributed by atoms with van der Waals surface area (Å²) < 4.78 is 22.8. The molecule has 0 saturated carbocycles. The summed E-state index contributed by atoms with van der Waals surface area (Å²) in [4.78, 5) is 0. The first-order valence-electron chi connectivity index (χ1n) is 7.95. The van der Waals surface area contributed by atoms with Crippen LogP contribution in [0.15, 0.2) is 53.0 Å². The van der Waals surface area contributed by atoms with E-state index >= 15 is 0 Å². The summed E-state index contributed by atoms with van der Waals surface area (Å²) in [5.74, 6) is -0.315. The van der Waals surface area contributed by atoms with Crippen LogP contribution in [0, 0.1) is 5.82 Å². The van der Waals surface area contributed by atoms with Crippen molar-refractivity contribution in [1.29, 1.82) is 0 Å². The lowest BCUT2D eigenvalue weighted by atomic mass is 10.1. The van der Waals surface area contributed by atoms with Crippen LogP contribution in [0.3, 0.4) is 0 Å². The number of fused-ring (bicyclic) bond motifs is 1. The molecule has 0 aliphatic rings. The summed E-state index contributed by atoms with van der Waals surface area (Å²) in [7, 11) is 1.83. The molecule has 130 valence electrons. The van der Waals surface area contributed by atoms with Gasteiger partial charge < -0.3 is 4.74 Å². The van der Waals surface area contributed by atoms with Crippen LogP contribution in [-0.2, 0) is 7.05 Å². The van der Waals surface area contributed by atoms with Crippen molar-refractivity contribution in [2.24, 2.45) is 12.8 Å². The Bertz CT molecular complexity index is 919. The zero-order valence-electron chi connectivity index (χ0n) is 14.0. The Morgan fingerprint density at radius 1 is 1.32 bits per heavy atom. The van der Waals surface area contributed by atoms with Crippen molar-refractivity contribution >= 4 is 26.8 Å². The fourth-order valence-electron chi connectivity index (χ4n) is 2.65. The highest BCUT2D eigenvalue weighted by molar-refractivity contribution is 9.10. The van der Waals surface area contributed by atoms with Crippen molar-refractivity contribution in [1.82, 2.24) is 9.78 Å². The zero-order valence-corrected chi connectivity index (χ0v) is 15.6. The molecule has 3 rings (SSSR count). The Hall–Kier alpha value is -2.18. The van der Waals surface area contributed by atoms with Crippen molar-refractivity contribution in [3.8, 4) is 17.0 Å². The monoisotopic (exact) mass is 403 g/mol. The van der Waals surface area contributed by atoms with Crippen molar-refractivity contribution in [3.05, 3.63) is 58.8 Å². The van der Waals surface area contributed by atoms with Gasteiger partial charge >= 0.3 is 0 Å². The third kappa shape index (κ3) is 3.75. The lowest BCUT2D eigenvalue weighted by Crippen LogP contribution is -2.26. The Kier molecular flexibility index (Phi) is 5.20. The number of ether oxygens (including phenoxy) is 1. The van der Waals surface area contributed by atoms with Gasteiger partial charge in [0, 0.05) is 35.0 Å². The van der Waals surface area contributed by atoms with E-state index < -0.39 is 12.0 Å². The highest BCUT2D eigenvalue weighted by atomic mass is 79.9. The number of hydrogen-bond acceptors (Lipinski definition) is 3. The van der Waals surface area contributed by atoms with Gasteiger partial charge in [0.15, 0.2) is 17.8 Å². The molecule has 25 heavy (non-hydrogen) atoms. The number of benzene rings is 2. The van der Waals surface area contributed by atoms with Gasteiger partial charge in [-0.2, -0.15) is 5.10 Å². The van der Waals surface area contributed by atoms with Crippen molar-refractivity contribution in [2.45, 2.75) is 19.6 Å². The normalized spacial score (nSPS) is 12.8. The maximum atomic E-state index is 14.5. The molecule has 0 amide bonds. The summed E-state index contributed by atoms with van der Waals surface area (Å²) in [5, 5.41) is 5.27. The van der Waals surface area contributed by atoms with Gasteiger partial charge in [-0.1, -0.05) is 40.2 Å². The van der Waals surface area contributed by atoms with Crippen molar-refractivity contribution in [3.63, 3.8) is 0 Å². The maximum absolute atomic E-state index is 14.5. The summed E-state index contributed by atoms with van der Waals surface area (Å²) in [5.41, 5.74) is 8.32. The molecule has 3 aromatic rings. The third-order valence-electron chi connectivity index (χ3n) is 3.90. The molecule has 0 aliphatic carbocycles. The Labute approximate surface area is 154 Å². The van der Waals surface area contributed by atoms with Gasteiger partial charge in [0.1, 0.15) is 5.69 Å². The predicted molar refractivity (Wildman–Crippen MR) is 102 cm³/mol. The molecule has 0 saturated heterocycles. The summed E-state index contributed by atoms with van der Waals surface area (Å²) >= 11 is 3.42. The van der Waals surface area contributed by atoms with Gasteiger partial charge in [0.25, 0.3) is 0 Å². The van der Waals surface area contributed by atoms with E-state index in [4.69, 9.17) is 10.5 Å². The lowest BCUT2D eigenvalue weighted by Gasteiger charge is -2.13. The average Bonchev–Trinajstić information content (AvgIpc) is 2.90. The SMILES string of the molecule is C/C=C/CC(N)Oc1cc2c(cc1F)c(-c1ccc(Br)cc1)nn2C. The largest absolute Gasteiger partial charge is 0.472 e. The third-order valence-corrected chi connectivity index (χ3v) is 4.43. The first-order chi connectivity index (χ1) is 12.0. The molecular weight excluding hydrogens is 385 g/mol. The van der Waals surface area contributed by atoms with Crippen LogP contribution in [0.4, 0.5) is 4.39 Å². The highest BCUT2D eigenvalue weighted by Gasteiger charge is 2.16. The molecule has 0 fully saturated rings. The molecular formula is C19H19BrFN3O. The van der Waals surface area contributed by atoms with E-state index in [1.807, 2.05) is 50.4 Å². The standard InChI is InChI=1S/C19H19BrFN3O/c1-3-4-5-18(22)25-17-11-16-14(10-15(17)21)19(23-24(16)2)12-6-8-13(20)9-7-12/h3-4,6-11,18H,5,22H2,1-2H3/b4-3+. The van der Waals surface area contributed by atoms with Crippen LogP contribution in [-0.4, -0.2) is 16.0 Å². The number of hydrogen-bond donors (Lipinski definition) is 1. The van der Waals surface area contributed by atoms with E-state index in [-0.39, 0.29) is 5.75 Å². The predicted octanol–water partition coefficient (Wildman–Crippen LogP) is 4.77. The van der Waals surface area contributed by atoms with Gasteiger partial charge in [0.2, 0.25) is 0 Å². The number of aryl methyl sites for hydroxylation is 1. The van der Waals surface area contributed by atoms with E-state index in [9.17, 15) is 4.39 Å². The summed E-state index contributed by atoms with van der Waals surface area (Å²) in [6.07, 6.45) is 3.69. The van der Waals surface area contributed by atoms with E-state index in [0.717, 1.165) is 26.6 Å². The lowest BCUT2D eigenvalue weighted by molar-refractivity contribution is 0.203. The molecule has 2 aromatic carbocycles. The molecule has 2 N–H and O–H groups in total. The van der Waals surface area contributed by atoms with Gasteiger partial charge in [0.05, 0.1) is 5.52 Å². The number of nitrogens with two attached hydrogens (primary N) is 1. The highest BCUT2D eigenvalue weighted by Crippen LogP contribution is 2.32. The van der Waals surface area contributed by atoms with Crippen LogP contribution in [0.1, 0.15) is 13.3 Å². The topological polar surface area (TPSA) is 53.1 Å². The first kappa shape index (κ1) is 17.6. The molecule has 1 unspecified atom stereocenters. The number of allylic oxidation sites excluding steroid dienone is 1. The summed E-state index contributed by atoms with van der Waals surface area (Å²) in [6, 6.07) is 10.9. The number of aromatic nitrogens is 2. The van der Waals surface area contributed by atoms with Crippen molar-refractivity contribution < 1.29 is 9.13 Å². The van der Waals surface area contributed by atoms with Gasteiger partial charge in [-0.3, -0.25) is 10.4 Å². The van der Waals surface area contributed by atoms with E-state index in [2.05, 4.69) is 21.0 Å². The fraction of sp³-hybridized carbons (Fsp3) is 0.211. The second kappa shape index (κ2) is 7.37. The van der Waals surface area contributed by atoms with E-state index in [0.29, 0.717) is 6.42 Å². The van der Waals surface area contributed by atoms with Gasteiger partial charge in [-0.15, -0.1) is 0 Å². The quantitative estimate of drug-likeness (QED) is 0.492. The van der Waals surface area contributed by atoms with Gasteiger partial charge in [-0.25, -0.2) is 4.39 Å². The second-order valence-corrected chi connectivity index (χ2v) is 6.66. The molecule has 0 radical (unpaired) electrons. The van der Waals surface area contributed by atoms with Crippen LogP contribution in [0.2, 0.25) is 0 Å². The molecule has 0 aliphatic heterocycles. The minimum atomic E-state index is -0.595. The molecule has 1 aromatic heterocycles. The van der Waals surface area contributed by atoms with E-state index in [1.165, 1.54) is 6.07 Å². The van der Waals surface area contributed by atoms with Crippen LogP contribution >= 0.6 is 15.9 Å². The minimum Gasteiger partial charge on any atom is -0.472 e. The Balaban J connectivity index is 2.01. The van der Waals surface area contributed by atoms with E-state index in [1.54, 1.807) is 10.7 Å². The first-order valence-corrected chi connectivity index (χ1v) is 8.74. The van der Waals surface area contributed by atoms with Crippen LogP contribution in [0.5, 0.6) is 5.75 Å². The van der Waals surface area contributed by atoms with Crippen LogP contribution in [0.25, 0.3) is 22.2 Å². The number of halogens is 2.